The molecule has 0 unspecified atom stereocenters. The largest absolute Gasteiger partial charge is 0.350 e. The molecule has 0 spiro atoms. The van der Waals surface area contributed by atoms with Crippen molar-refractivity contribution >= 4 is 22.9 Å². The van der Waals surface area contributed by atoms with Crippen molar-refractivity contribution in [2.75, 3.05) is 0 Å². The molecule has 0 saturated carbocycles. The lowest BCUT2D eigenvalue weighted by Crippen LogP contribution is -2.23. The number of aromatic nitrogens is 1. The van der Waals surface area contributed by atoms with Gasteiger partial charge in [-0.2, -0.15) is 5.26 Å². The predicted octanol–water partition coefficient (Wildman–Crippen LogP) is 3.40. The number of amides is 1. The quantitative estimate of drug-likeness (QED) is 0.592. The summed E-state index contributed by atoms with van der Waals surface area (Å²) in [7, 11) is 1.95. The van der Waals surface area contributed by atoms with E-state index in [4.69, 9.17) is 0 Å². The van der Waals surface area contributed by atoms with Crippen molar-refractivity contribution in [1.82, 2.24) is 9.88 Å². The van der Waals surface area contributed by atoms with Crippen LogP contribution in [0, 0.1) is 11.3 Å². The summed E-state index contributed by atoms with van der Waals surface area (Å²) in [6.07, 6.45) is 3.56. The average molecular weight is 315 g/mol. The van der Waals surface area contributed by atoms with Crippen molar-refractivity contribution in [3.05, 3.63) is 77.5 Å². The Morgan fingerprint density at radius 1 is 1.17 bits per heavy atom. The predicted molar refractivity (Wildman–Crippen MR) is 94.8 cm³/mol. The smallest absolute Gasteiger partial charge is 0.262 e. The zero-order valence-electron chi connectivity index (χ0n) is 13.4. The fraction of sp³-hybridized carbons (Fsp3) is 0.100. The molecule has 0 aliphatic carbocycles. The Morgan fingerprint density at radius 3 is 2.62 bits per heavy atom. The van der Waals surface area contributed by atoms with Crippen LogP contribution in [0.1, 0.15) is 11.1 Å². The third-order valence-corrected chi connectivity index (χ3v) is 3.89. The second-order valence-corrected chi connectivity index (χ2v) is 5.55. The van der Waals surface area contributed by atoms with Crippen LogP contribution in [-0.2, 0) is 18.4 Å². The van der Waals surface area contributed by atoms with Gasteiger partial charge in [0.15, 0.2) is 0 Å². The van der Waals surface area contributed by atoms with Gasteiger partial charge in [-0.1, -0.05) is 48.5 Å². The van der Waals surface area contributed by atoms with Crippen LogP contribution in [0.5, 0.6) is 0 Å². The number of carbonyl (C=O) groups is 1. The van der Waals surface area contributed by atoms with E-state index in [9.17, 15) is 10.1 Å². The molecule has 3 rings (SSSR count). The van der Waals surface area contributed by atoms with Gasteiger partial charge >= 0.3 is 0 Å². The number of carbonyl (C=O) groups excluding carboxylic acids is 1. The number of rotatable bonds is 4. The highest BCUT2D eigenvalue weighted by atomic mass is 16.1. The lowest BCUT2D eigenvalue weighted by Gasteiger charge is -2.04. The normalized spacial score (nSPS) is 11.2. The van der Waals surface area contributed by atoms with Crippen molar-refractivity contribution in [2.45, 2.75) is 6.54 Å². The van der Waals surface area contributed by atoms with Crippen LogP contribution in [0.25, 0.3) is 17.0 Å². The van der Waals surface area contributed by atoms with Gasteiger partial charge in [0.05, 0.1) is 0 Å². The highest BCUT2D eigenvalue weighted by Gasteiger charge is 2.11. The molecular weight excluding hydrogens is 298 g/mol. The molecule has 3 aromatic rings. The van der Waals surface area contributed by atoms with E-state index in [-0.39, 0.29) is 11.5 Å². The van der Waals surface area contributed by atoms with Crippen LogP contribution < -0.4 is 5.32 Å². The summed E-state index contributed by atoms with van der Waals surface area (Å²) < 4.78 is 1.98. The Kier molecular flexibility index (Phi) is 4.44. The molecule has 4 nitrogen and oxygen atoms in total. The summed E-state index contributed by atoms with van der Waals surface area (Å²) in [4.78, 5) is 12.3. The number of fused-ring (bicyclic) bond motifs is 1. The zero-order chi connectivity index (χ0) is 16.9. The van der Waals surface area contributed by atoms with Crippen molar-refractivity contribution in [3.8, 4) is 6.07 Å². The maximum atomic E-state index is 12.3. The third kappa shape index (κ3) is 3.21. The Labute approximate surface area is 140 Å². The second-order valence-electron chi connectivity index (χ2n) is 5.55. The molecule has 1 N–H and O–H groups in total. The third-order valence-electron chi connectivity index (χ3n) is 3.89. The lowest BCUT2D eigenvalue weighted by molar-refractivity contribution is -0.117. The number of aryl methyl sites for hydroxylation is 1. The summed E-state index contributed by atoms with van der Waals surface area (Å²) in [5.74, 6) is -0.366. The summed E-state index contributed by atoms with van der Waals surface area (Å²) >= 11 is 0. The minimum atomic E-state index is -0.366. The van der Waals surface area contributed by atoms with Crippen LogP contribution in [0.15, 0.2) is 66.4 Å². The molecule has 4 heteroatoms. The number of nitrogens with zero attached hydrogens (tertiary/aromatic N) is 2. The van der Waals surface area contributed by atoms with Crippen LogP contribution >= 0.6 is 0 Å². The van der Waals surface area contributed by atoms with Gasteiger partial charge in [-0.05, 0) is 17.7 Å². The molecule has 2 aromatic carbocycles. The van der Waals surface area contributed by atoms with Crippen molar-refractivity contribution in [2.24, 2.45) is 7.05 Å². The summed E-state index contributed by atoms with van der Waals surface area (Å²) in [5.41, 5.74) is 3.01. The molecule has 0 saturated heterocycles. The Hall–Kier alpha value is -3.32. The van der Waals surface area contributed by atoms with Gasteiger partial charge in [-0.3, -0.25) is 4.79 Å². The van der Waals surface area contributed by atoms with Crippen LogP contribution in [-0.4, -0.2) is 10.5 Å². The number of nitriles is 1. The second kappa shape index (κ2) is 6.84. The average Bonchev–Trinajstić information content (AvgIpc) is 2.94. The fourth-order valence-electron chi connectivity index (χ4n) is 2.67. The first-order valence-corrected chi connectivity index (χ1v) is 7.67. The standard InChI is InChI=1S/C20H17N3O/c1-23-14-17(18-9-5-6-10-19(18)23)11-16(12-21)20(24)22-13-15-7-3-2-4-8-15/h2-11,14H,13H2,1H3,(H,22,24)/b16-11+. The molecule has 1 heterocycles. The first-order chi connectivity index (χ1) is 11.7. The highest BCUT2D eigenvalue weighted by molar-refractivity contribution is 6.04. The molecule has 0 bridgehead atoms. The molecule has 118 valence electrons. The Balaban J connectivity index is 1.83. The van der Waals surface area contributed by atoms with Gasteiger partial charge in [-0.25, -0.2) is 0 Å². The van der Waals surface area contributed by atoms with Gasteiger partial charge in [0.1, 0.15) is 11.6 Å². The topological polar surface area (TPSA) is 57.8 Å². The Bertz CT molecular complexity index is 946. The lowest BCUT2D eigenvalue weighted by atomic mass is 10.1. The molecule has 0 atom stereocenters. The highest BCUT2D eigenvalue weighted by Crippen LogP contribution is 2.22. The van der Waals surface area contributed by atoms with Crippen molar-refractivity contribution in [3.63, 3.8) is 0 Å². The molecule has 1 amide bonds. The van der Waals surface area contributed by atoms with E-state index in [1.54, 1.807) is 6.08 Å². The number of hydrogen-bond acceptors (Lipinski definition) is 2. The van der Waals surface area contributed by atoms with E-state index in [2.05, 4.69) is 5.32 Å². The molecular formula is C20H17N3O. The van der Waals surface area contributed by atoms with Crippen LogP contribution in [0.3, 0.4) is 0 Å². The van der Waals surface area contributed by atoms with Gasteiger partial charge in [0, 0.05) is 36.3 Å². The van der Waals surface area contributed by atoms with Crippen molar-refractivity contribution in [1.29, 1.82) is 5.26 Å². The molecule has 0 fully saturated rings. The van der Waals surface area contributed by atoms with E-state index in [0.29, 0.717) is 6.54 Å². The van der Waals surface area contributed by atoms with E-state index in [0.717, 1.165) is 22.0 Å². The van der Waals surface area contributed by atoms with E-state index >= 15 is 0 Å². The molecule has 1 aromatic heterocycles. The molecule has 0 aliphatic heterocycles. The maximum absolute atomic E-state index is 12.3. The van der Waals surface area contributed by atoms with Gasteiger partial charge < -0.3 is 9.88 Å². The number of para-hydroxylation sites is 1. The number of nitrogens with one attached hydrogen (secondary N) is 1. The first kappa shape index (κ1) is 15.6. The maximum Gasteiger partial charge on any atom is 0.262 e. The minimum Gasteiger partial charge on any atom is -0.350 e. The van der Waals surface area contributed by atoms with Gasteiger partial charge in [0.2, 0.25) is 0 Å². The summed E-state index contributed by atoms with van der Waals surface area (Å²) in [6, 6.07) is 19.5. The molecule has 0 aliphatic rings. The van der Waals surface area contributed by atoms with E-state index < -0.39 is 0 Å². The summed E-state index contributed by atoms with van der Waals surface area (Å²) in [6.45, 7) is 0.397. The van der Waals surface area contributed by atoms with Crippen LogP contribution in [0.4, 0.5) is 0 Å². The summed E-state index contributed by atoms with van der Waals surface area (Å²) in [5, 5.41) is 13.2. The molecule has 24 heavy (non-hydrogen) atoms. The van der Waals surface area contributed by atoms with Crippen molar-refractivity contribution < 1.29 is 4.79 Å². The number of benzene rings is 2. The van der Waals surface area contributed by atoms with Gasteiger partial charge in [0.25, 0.3) is 5.91 Å². The van der Waals surface area contributed by atoms with E-state index in [1.165, 1.54) is 0 Å². The monoisotopic (exact) mass is 315 g/mol. The minimum absolute atomic E-state index is 0.0993. The SMILES string of the molecule is Cn1cc(/C=C(\C#N)C(=O)NCc2ccccc2)c2ccccc21. The number of hydrogen-bond donors (Lipinski definition) is 1. The van der Waals surface area contributed by atoms with Gasteiger partial charge in [-0.15, -0.1) is 0 Å². The van der Waals surface area contributed by atoms with E-state index in [1.807, 2.05) is 78.5 Å². The zero-order valence-corrected chi connectivity index (χ0v) is 13.4. The first-order valence-electron chi connectivity index (χ1n) is 7.67. The Morgan fingerprint density at radius 2 is 1.88 bits per heavy atom. The fourth-order valence-corrected chi connectivity index (χ4v) is 2.67. The molecule has 0 radical (unpaired) electrons. The van der Waals surface area contributed by atoms with Crippen LogP contribution in [0.2, 0.25) is 0 Å².